The molecule has 2 aliphatic rings. The van der Waals surface area contributed by atoms with Gasteiger partial charge in [-0.15, -0.1) is 6.42 Å². The van der Waals surface area contributed by atoms with Gasteiger partial charge in [-0.2, -0.15) is 0 Å². The van der Waals surface area contributed by atoms with E-state index in [4.69, 9.17) is 11.2 Å². The smallest absolute Gasteiger partial charge is 0.0697 e. The number of hydrogen-bond acceptors (Lipinski definition) is 2. The Hall–Kier alpha value is -0.520. The quantitative estimate of drug-likeness (QED) is 0.700. The van der Waals surface area contributed by atoms with E-state index in [0.717, 1.165) is 19.4 Å². The molecule has 1 saturated heterocycles. The van der Waals surface area contributed by atoms with Crippen LogP contribution in [0.2, 0.25) is 0 Å². The molecule has 1 aliphatic heterocycles. The summed E-state index contributed by atoms with van der Waals surface area (Å²) >= 11 is 0. The third kappa shape index (κ3) is 2.74. The monoisotopic (exact) mass is 207 g/mol. The summed E-state index contributed by atoms with van der Waals surface area (Å²) in [6.07, 6.45) is 14.1. The first-order chi connectivity index (χ1) is 7.35. The third-order valence-corrected chi connectivity index (χ3v) is 3.75. The molecule has 1 N–H and O–H groups in total. The fourth-order valence-corrected chi connectivity index (χ4v) is 2.95. The normalized spacial score (nSPS) is 29.9. The highest BCUT2D eigenvalue weighted by molar-refractivity contribution is 4.94. The summed E-state index contributed by atoms with van der Waals surface area (Å²) in [5, 5.41) is 3.43. The lowest BCUT2D eigenvalue weighted by Crippen LogP contribution is -2.48. The fraction of sp³-hybridized carbons (Fsp3) is 0.846. The largest absolute Gasteiger partial charge is 0.375 e. The molecule has 0 radical (unpaired) electrons. The van der Waals surface area contributed by atoms with Crippen molar-refractivity contribution in [3.05, 3.63) is 0 Å². The van der Waals surface area contributed by atoms with Crippen LogP contribution in [0.3, 0.4) is 0 Å². The van der Waals surface area contributed by atoms with Gasteiger partial charge in [-0.05, 0) is 25.7 Å². The zero-order valence-electron chi connectivity index (χ0n) is 9.43. The average molecular weight is 207 g/mol. The fourth-order valence-electron chi connectivity index (χ4n) is 2.95. The Kier molecular flexibility index (Phi) is 3.66. The highest BCUT2D eigenvalue weighted by Crippen LogP contribution is 2.38. The van der Waals surface area contributed by atoms with E-state index in [1.807, 2.05) is 0 Å². The van der Waals surface area contributed by atoms with E-state index in [2.05, 4.69) is 11.2 Å². The second kappa shape index (κ2) is 5.01. The number of nitrogens with one attached hydrogen (secondary N) is 1. The van der Waals surface area contributed by atoms with Crippen molar-refractivity contribution >= 4 is 0 Å². The molecule has 1 atom stereocenters. The zero-order valence-corrected chi connectivity index (χ0v) is 9.43. The molecule has 1 saturated carbocycles. The van der Waals surface area contributed by atoms with E-state index in [0.29, 0.717) is 12.6 Å². The highest BCUT2D eigenvalue weighted by atomic mass is 16.5. The van der Waals surface area contributed by atoms with Gasteiger partial charge in [0.2, 0.25) is 0 Å². The maximum atomic E-state index is 6.02. The van der Waals surface area contributed by atoms with Crippen molar-refractivity contribution in [3.8, 4) is 12.3 Å². The summed E-state index contributed by atoms with van der Waals surface area (Å²) in [7, 11) is 0. The van der Waals surface area contributed by atoms with Crippen molar-refractivity contribution in [2.24, 2.45) is 0 Å². The lowest BCUT2D eigenvalue weighted by molar-refractivity contribution is -0.108. The molecule has 1 unspecified atom stereocenters. The lowest BCUT2D eigenvalue weighted by atomic mass is 9.78. The van der Waals surface area contributed by atoms with Crippen LogP contribution in [-0.4, -0.2) is 24.8 Å². The molecule has 2 nitrogen and oxygen atoms in total. The Balaban J connectivity index is 1.88. The van der Waals surface area contributed by atoms with Crippen LogP contribution >= 0.6 is 0 Å². The molecule has 0 aromatic rings. The van der Waals surface area contributed by atoms with Crippen molar-refractivity contribution in [1.82, 2.24) is 5.32 Å². The van der Waals surface area contributed by atoms with Crippen LogP contribution in [0.1, 0.15) is 44.9 Å². The lowest BCUT2D eigenvalue weighted by Gasteiger charge is -2.43. The zero-order chi connectivity index (χ0) is 10.6. The van der Waals surface area contributed by atoms with Gasteiger partial charge in [0.25, 0.3) is 0 Å². The second-order valence-electron chi connectivity index (χ2n) is 4.87. The van der Waals surface area contributed by atoms with Gasteiger partial charge >= 0.3 is 0 Å². The molecule has 2 fully saturated rings. The summed E-state index contributed by atoms with van der Waals surface area (Å²) in [6, 6.07) is 0.577. The minimum absolute atomic E-state index is 0.197. The van der Waals surface area contributed by atoms with E-state index >= 15 is 0 Å². The number of terminal acetylenes is 1. The Morgan fingerprint density at radius 3 is 2.87 bits per heavy atom. The molecule has 0 bridgehead atoms. The summed E-state index contributed by atoms with van der Waals surface area (Å²) in [5.74, 6) is 2.65. The Labute approximate surface area is 92.8 Å². The van der Waals surface area contributed by atoms with Gasteiger partial charge in [-0.25, -0.2) is 0 Å². The Morgan fingerprint density at radius 2 is 2.13 bits per heavy atom. The molecule has 0 aromatic carbocycles. The van der Waals surface area contributed by atoms with Crippen LogP contribution in [0.4, 0.5) is 0 Å². The van der Waals surface area contributed by atoms with Crippen molar-refractivity contribution in [1.29, 1.82) is 0 Å². The molecule has 2 heteroatoms. The molecular weight excluding hydrogens is 186 g/mol. The SMILES string of the molecule is C#CCNC1CCOC2(CCCCC2)C1. The molecule has 0 amide bonds. The second-order valence-corrected chi connectivity index (χ2v) is 4.87. The minimum Gasteiger partial charge on any atom is -0.375 e. The van der Waals surface area contributed by atoms with Crippen LogP contribution in [0.15, 0.2) is 0 Å². The van der Waals surface area contributed by atoms with Crippen LogP contribution in [0.25, 0.3) is 0 Å². The molecular formula is C13H21NO. The van der Waals surface area contributed by atoms with Crippen LogP contribution in [0, 0.1) is 12.3 Å². The Morgan fingerprint density at radius 1 is 1.33 bits per heavy atom. The topological polar surface area (TPSA) is 21.3 Å². The molecule has 84 valence electrons. The molecule has 15 heavy (non-hydrogen) atoms. The predicted molar refractivity (Wildman–Crippen MR) is 61.6 cm³/mol. The van der Waals surface area contributed by atoms with Gasteiger partial charge in [-0.3, -0.25) is 0 Å². The van der Waals surface area contributed by atoms with E-state index < -0.39 is 0 Å². The number of hydrogen-bond donors (Lipinski definition) is 1. The first-order valence-electron chi connectivity index (χ1n) is 6.15. The predicted octanol–water partition coefficient (Wildman–Crippen LogP) is 2.09. The number of ether oxygens (including phenoxy) is 1. The van der Waals surface area contributed by atoms with Gasteiger partial charge in [0, 0.05) is 12.6 Å². The van der Waals surface area contributed by atoms with E-state index in [1.54, 1.807) is 0 Å². The van der Waals surface area contributed by atoms with E-state index in [9.17, 15) is 0 Å². The minimum atomic E-state index is 0.197. The maximum Gasteiger partial charge on any atom is 0.0697 e. The summed E-state index contributed by atoms with van der Waals surface area (Å²) in [5.41, 5.74) is 0.197. The van der Waals surface area contributed by atoms with Crippen molar-refractivity contribution < 1.29 is 4.74 Å². The maximum absolute atomic E-state index is 6.02. The molecule has 1 heterocycles. The molecule has 1 aliphatic carbocycles. The van der Waals surface area contributed by atoms with Gasteiger partial charge in [0.05, 0.1) is 12.1 Å². The van der Waals surface area contributed by atoms with Gasteiger partial charge in [0.15, 0.2) is 0 Å². The average Bonchev–Trinajstić information content (AvgIpc) is 2.28. The molecule has 0 aromatic heterocycles. The summed E-state index contributed by atoms with van der Waals surface area (Å²) in [4.78, 5) is 0. The first-order valence-corrected chi connectivity index (χ1v) is 6.15. The van der Waals surface area contributed by atoms with Crippen molar-refractivity contribution in [3.63, 3.8) is 0 Å². The van der Waals surface area contributed by atoms with Gasteiger partial charge < -0.3 is 10.1 Å². The van der Waals surface area contributed by atoms with Crippen molar-refractivity contribution in [2.75, 3.05) is 13.2 Å². The van der Waals surface area contributed by atoms with Crippen LogP contribution in [0.5, 0.6) is 0 Å². The summed E-state index contributed by atoms with van der Waals surface area (Å²) in [6.45, 7) is 1.60. The standard InChI is InChI=1S/C13H21NO/c1-2-9-14-12-6-10-15-13(11-12)7-4-3-5-8-13/h1,12,14H,3-11H2. The van der Waals surface area contributed by atoms with E-state index in [1.165, 1.54) is 32.1 Å². The van der Waals surface area contributed by atoms with Crippen LogP contribution in [-0.2, 0) is 4.74 Å². The van der Waals surface area contributed by atoms with Gasteiger partial charge in [0.1, 0.15) is 0 Å². The summed E-state index contributed by atoms with van der Waals surface area (Å²) < 4.78 is 6.02. The number of rotatable bonds is 2. The van der Waals surface area contributed by atoms with Crippen LogP contribution < -0.4 is 5.32 Å². The highest BCUT2D eigenvalue weighted by Gasteiger charge is 2.38. The Bertz CT molecular complexity index is 232. The first kappa shape index (κ1) is 11.0. The van der Waals surface area contributed by atoms with Gasteiger partial charge in [-0.1, -0.05) is 25.2 Å². The van der Waals surface area contributed by atoms with E-state index in [-0.39, 0.29) is 5.60 Å². The molecule has 1 spiro atoms. The van der Waals surface area contributed by atoms with Crippen molar-refractivity contribution in [2.45, 2.75) is 56.6 Å². The molecule has 2 rings (SSSR count). The third-order valence-electron chi connectivity index (χ3n) is 3.75.